The Bertz CT molecular complexity index is 1090. The number of nitrogens with zero attached hydrogens (tertiary/aromatic N) is 2. The van der Waals surface area contributed by atoms with Crippen molar-refractivity contribution in [3.8, 4) is 17.2 Å². The van der Waals surface area contributed by atoms with Gasteiger partial charge in [0.15, 0.2) is 18.1 Å². The molecule has 2 aromatic carbocycles. The fourth-order valence-electron chi connectivity index (χ4n) is 3.00. The van der Waals surface area contributed by atoms with Crippen LogP contribution in [0.1, 0.15) is 23.7 Å². The molecule has 1 heterocycles. The number of anilines is 1. The summed E-state index contributed by atoms with van der Waals surface area (Å²) in [7, 11) is 1.44. The molecule has 0 radical (unpaired) electrons. The number of ether oxygens (including phenoxy) is 3. The first-order valence-corrected chi connectivity index (χ1v) is 9.95. The Morgan fingerprint density at radius 3 is 2.67 bits per heavy atom. The van der Waals surface area contributed by atoms with Gasteiger partial charge in [0.05, 0.1) is 24.3 Å². The Labute approximate surface area is 188 Å². The van der Waals surface area contributed by atoms with Gasteiger partial charge >= 0.3 is 0 Å². The number of carbonyl (C=O) groups excluding carboxylic acids is 3. The van der Waals surface area contributed by atoms with Crippen LogP contribution < -0.4 is 30.0 Å². The molecule has 2 aromatic rings. The van der Waals surface area contributed by atoms with Crippen LogP contribution >= 0.6 is 0 Å². The molecule has 0 aliphatic carbocycles. The second-order valence-electron chi connectivity index (χ2n) is 6.89. The molecule has 1 aliphatic rings. The summed E-state index contributed by atoms with van der Waals surface area (Å²) in [6, 6.07) is 8.30. The van der Waals surface area contributed by atoms with Crippen LogP contribution in [0.4, 0.5) is 11.4 Å². The predicted molar refractivity (Wildman–Crippen MR) is 115 cm³/mol. The largest absolute Gasteiger partial charge is 0.493 e. The predicted octanol–water partition coefficient (Wildman–Crippen LogP) is 1.58. The van der Waals surface area contributed by atoms with Gasteiger partial charge in [0.1, 0.15) is 12.3 Å². The van der Waals surface area contributed by atoms with Gasteiger partial charge in [-0.05, 0) is 30.7 Å². The molecule has 3 rings (SSSR count). The SMILES string of the molecule is CCCOc1ccc(C(=O)NNC(=O)CN2C(=O)COc3ccc([N+](=O)[O-])cc32)cc1OC. The van der Waals surface area contributed by atoms with Crippen LogP contribution in [0.5, 0.6) is 17.2 Å². The van der Waals surface area contributed by atoms with E-state index in [9.17, 15) is 24.5 Å². The number of benzene rings is 2. The first-order chi connectivity index (χ1) is 15.8. The van der Waals surface area contributed by atoms with E-state index in [0.29, 0.717) is 18.1 Å². The number of carbonyl (C=O) groups is 3. The van der Waals surface area contributed by atoms with Crippen molar-refractivity contribution in [3.05, 3.63) is 52.1 Å². The lowest BCUT2D eigenvalue weighted by Crippen LogP contribution is -2.49. The zero-order valence-corrected chi connectivity index (χ0v) is 18.0. The number of non-ortho nitro benzene ring substituents is 1. The molecule has 1 aliphatic heterocycles. The van der Waals surface area contributed by atoms with Gasteiger partial charge in [0.25, 0.3) is 23.4 Å². The van der Waals surface area contributed by atoms with Crippen LogP contribution in [0.15, 0.2) is 36.4 Å². The Kier molecular flexibility index (Phi) is 7.28. The molecule has 0 saturated heterocycles. The Morgan fingerprint density at radius 1 is 1.18 bits per heavy atom. The van der Waals surface area contributed by atoms with E-state index in [1.54, 1.807) is 6.07 Å². The molecule has 3 amide bonds. The van der Waals surface area contributed by atoms with E-state index in [-0.39, 0.29) is 29.3 Å². The van der Waals surface area contributed by atoms with Gasteiger partial charge in [-0.3, -0.25) is 40.2 Å². The average Bonchev–Trinajstić information content (AvgIpc) is 2.82. The maximum Gasteiger partial charge on any atom is 0.271 e. The van der Waals surface area contributed by atoms with E-state index < -0.39 is 29.2 Å². The highest BCUT2D eigenvalue weighted by Gasteiger charge is 2.29. The lowest BCUT2D eigenvalue weighted by atomic mass is 10.2. The van der Waals surface area contributed by atoms with Gasteiger partial charge in [0.2, 0.25) is 0 Å². The highest BCUT2D eigenvalue weighted by molar-refractivity contribution is 6.03. The third kappa shape index (κ3) is 5.47. The molecule has 0 fully saturated rings. The quantitative estimate of drug-likeness (QED) is 0.447. The fraction of sp³-hybridized carbons (Fsp3) is 0.286. The van der Waals surface area contributed by atoms with Gasteiger partial charge in [-0.2, -0.15) is 0 Å². The van der Waals surface area contributed by atoms with Crippen molar-refractivity contribution in [2.45, 2.75) is 13.3 Å². The second kappa shape index (κ2) is 10.3. The standard InChI is InChI=1S/C21H22N4O8/c1-3-8-32-17-6-4-13(9-18(17)31-2)21(28)23-22-19(26)11-24-15-10-14(25(29)30)5-7-16(15)33-12-20(24)27/h4-7,9-10H,3,8,11-12H2,1-2H3,(H,22,26)(H,23,28). The smallest absolute Gasteiger partial charge is 0.271 e. The zero-order valence-electron chi connectivity index (χ0n) is 18.0. The number of hydrogen-bond acceptors (Lipinski definition) is 8. The summed E-state index contributed by atoms with van der Waals surface area (Å²) in [5.74, 6) is -0.816. The minimum Gasteiger partial charge on any atom is -0.493 e. The van der Waals surface area contributed by atoms with E-state index in [1.807, 2.05) is 6.92 Å². The van der Waals surface area contributed by atoms with Crippen LogP contribution in [0, 0.1) is 10.1 Å². The lowest BCUT2D eigenvalue weighted by Gasteiger charge is -2.28. The summed E-state index contributed by atoms with van der Waals surface area (Å²) in [4.78, 5) is 48.5. The molecule has 2 N–H and O–H groups in total. The number of nitro groups is 1. The number of amides is 3. The summed E-state index contributed by atoms with van der Waals surface area (Å²) < 4.78 is 16.0. The fourth-order valence-corrected chi connectivity index (χ4v) is 3.00. The number of hydrazine groups is 1. The second-order valence-corrected chi connectivity index (χ2v) is 6.89. The minimum atomic E-state index is -0.717. The van der Waals surface area contributed by atoms with Crippen molar-refractivity contribution in [1.82, 2.24) is 10.9 Å². The summed E-state index contributed by atoms with van der Waals surface area (Å²) in [6.07, 6.45) is 0.806. The van der Waals surface area contributed by atoms with Gasteiger partial charge in [0, 0.05) is 17.7 Å². The van der Waals surface area contributed by atoms with Crippen molar-refractivity contribution >= 4 is 29.1 Å². The highest BCUT2D eigenvalue weighted by atomic mass is 16.6. The average molecular weight is 458 g/mol. The topological polar surface area (TPSA) is 149 Å². The molecular weight excluding hydrogens is 436 g/mol. The Hall–Kier alpha value is -4.35. The van der Waals surface area contributed by atoms with Crippen LogP contribution in [0.3, 0.4) is 0 Å². The molecule has 12 heteroatoms. The summed E-state index contributed by atoms with van der Waals surface area (Å²) >= 11 is 0. The molecule has 0 bridgehead atoms. The van der Waals surface area contributed by atoms with E-state index in [4.69, 9.17) is 14.2 Å². The number of methoxy groups -OCH3 is 1. The number of fused-ring (bicyclic) bond motifs is 1. The first-order valence-electron chi connectivity index (χ1n) is 9.95. The Balaban J connectivity index is 1.65. The van der Waals surface area contributed by atoms with Gasteiger partial charge in [-0.25, -0.2) is 0 Å². The van der Waals surface area contributed by atoms with E-state index in [0.717, 1.165) is 17.4 Å². The molecule has 0 unspecified atom stereocenters. The maximum atomic E-state index is 12.4. The zero-order chi connectivity index (χ0) is 24.0. The van der Waals surface area contributed by atoms with Crippen molar-refractivity contribution < 1.29 is 33.5 Å². The van der Waals surface area contributed by atoms with Crippen LogP contribution in [-0.4, -0.2) is 49.5 Å². The normalized spacial score (nSPS) is 12.3. The van der Waals surface area contributed by atoms with E-state index in [1.165, 1.54) is 31.4 Å². The number of hydrogen-bond donors (Lipinski definition) is 2. The maximum absolute atomic E-state index is 12.4. The van der Waals surface area contributed by atoms with Crippen molar-refractivity contribution in [2.24, 2.45) is 0 Å². The summed E-state index contributed by atoms with van der Waals surface area (Å²) in [5.41, 5.74) is 4.52. The number of nitro benzene ring substituents is 1. The highest BCUT2D eigenvalue weighted by Crippen LogP contribution is 2.35. The van der Waals surface area contributed by atoms with Crippen molar-refractivity contribution in [2.75, 3.05) is 31.8 Å². The summed E-state index contributed by atoms with van der Waals surface area (Å²) in [5, 5.41) is 11.0. The molecule has 33 heavy (non-hydrogen) atoms. The molecule has 0 spiro atoms. The monoisotopic (exact) mass is 458 g/mol. The Morgan fingerprint density at radius 2 is 1.97 bits per heavy atom. The molecule has 0 aromatic heterocycles. The number of nitrogens with one attached hydrogen (secondary N) is 2. The van der Waals surface area contributed by atoms with Crippen molar-refractivity contribution in [1.29, 1.82) is 0 Å². The summed E-state index contributed by atoms with van der Waals surface area (Å²) in [6.45, 7) is 1.65. The molecule has 174 valence electrons. The van der Waals surface area contributed by atoms with Crippen molar-refractivity contribution in [3.63, 3.8) is 0 Å². The molecule has 0 atom stereocenters. The third-order valence-corrected chi connectivity index (χ3v) is 4.60. The van der Waals surface area contributed by atoms with Crippen LogP contribution in [-0.2, 0) is 9.59 Å². The third-order valence-electron chi connectivity index (χ3n) is 4.60. The van der Waals surface area contributed by atoms with Gasteiger partial charge in [-0.15, -0.1) is 0 Å². The van der Waals surface area contributed by atoms with Crippen LogP contribution in [0.25, 0.3) is 0 Å². The van der Waals surface area contributed by atoms with Crippen LogP contribution in [0.2, 0.25) is 0 Å². The first kappa shape index (κ1) is 23.3. The molecular formula is C21H22N4O8. The number of rotatable bonds is 8. The van der Waals surface area contributed by atoms with Gasteiger partial charge in [-0.1, -0.05) is 6.92 Å². The van der Waals surface area contributed by atoms with Gasteiger partial charge < -0.3 is 14.2 Å². The van der Waals surface area contributed by atoms with E-state index >= 15 is 0 Å². The van der Waals surface area contributed by atoms with E-state index in [2.05, 4.69) is 10.9 Å². The molecule has 0 saturated carbocycles. The lowest BCUT2D eigenvalue weighted by molar-refractivity contribution is -0.384. The minimum absolute atomic E-state index is 0.0920. The molecule has 12 nitrogen and oxygen atoms in total.